The molecule has 0 unspecified atom stereocenters. The van der Waals surface area contributed by atoms with E-state index < -0.39 is 0 Å². The third-order valence-electron chi connectivity index (χ3n) is 4.14. The molecule has 21 heavy (non-hydrogen) atoms. The summed E-state index contributed by atoms with van der Waals surface area (Å²) in [5.74, 6) is 1.66. The van der Waals surface area contributed by atoms with Crippen molar-refractivity contribution in [1.82, 2.24) is 4.98 Å². The monoisotopic (exact) mass is 325 g/mol. The average Bonchev–Trinajstić information content (AvgIpc) is 3.01. The van der Waals surface area contributed by atoms with Gasteiger partial charge in [0.25, 0.3) is 0 Å². The van der Waals surface area contributed by atoms with Crippen LogP contribution in [0.2, 0.25) is 10.0 Å². The van der Waals surface area contributed by atoms with Gasteiger partial charge in [-0.2, -0.15) is 0 Å². The average molecular weight is 326 g/mol. The molecule has 1 saturated carbocycles. The Hall–Kier alpha value is -1.19. The summed E-state index contributed by atoms with van der Waals surface area (Å²) in [6.45, 7) is 0. The number of fused-ring (bicyclic) bond motifs is 1. The maximum Gasteiger partial charge on any atom is 0.148 e. The molecule has 3 nitrogen and oxygen atoms in total. The second kappa shape index (κ2) is 5.90. The normalized spacial score (nSPS) is 15.6. The predicted molar refractivity (Wildman–Crippen MR) is 86.1 cm³/mol. The lowest BCUT2D eigenvalue weighted by Gasteiger charge is -2.15. The minimum absolute atomic E-state index is 0.476. The maximum atomic E-state index is 6.47. The Morgan fingerprint density at radius 2 is 1.71 bits per heavy atom. The van der Waals surface area contributed by atoms with E-state index in [1.165, 1.54) is 25.7 Å². The molecule has 3 rings (SSSR count). The highest BCUT2D eigenvalue weighted by molar-refractivity contribution is 6.43. The van der Waals surface area contributed by atoms with Crippen LogP contribution in [-0.4, -0.2) is 19.2 Å². The van der Waals surface area contributed by atoms with E-state index in [2.05, 4.69) is 0 Å². The summed E-state index contributed by atoms with van der Waals surface area (Å²) in [6.07, 6.45) is 4.84. The Morgan fingerprint density at radius 3 is 2.33 bits per heavy atom. The van der Waals surface area contributed by atoms with Gasteiger partial charge in [0, 0.05) is 23.1 Å². The van der Waals surface area contributed by atoms with Gasteiger partial charge in [0.1, 0.15) is 17.0 Å². The van der Waals surface area contributed by atoms with Crippen LogP contribution in [-0.2, 0) is 0 Å². The number of ether oxygens (including phenoxy) is 2. The van der Waals surface area contributed by atoms with E-state index in [9.17, 15) is 0 Å². The van der Waals surface area contributed by atoms with Crippen LogP contribution in [0, 0.1) is 0 Å². The standard InChI is InChI=1S/C16H17Cl2NO2/c1-20-12-8-13(21-2)16-14(15(12)18)10(17)7-11(19-16)9-5-3-4-6-9/h7-9H,3-6H2,1-2H3. The molecule has 0 bridgehead atoms. The van der Waals surface area contributed by atoms with E-state index >= 15 is 0 Å². The van der Waals surface area contributed by atoms with Crippen molar-refractivity contribution in [3.8, 4) is 11.5 Å². The Bertz CT molecular complexity index is 682. The van der Waals surface area contributed by atoms with E-state index in [1.54, 1.807) is 20.3 Å². The van der Waals surface area contributed by atoms with Crippen LogP contribution >= 0.6 is 23.2 Å². The number of nitrogens with zero attached hydrogens (tertiary/aromatic N) is 1. The molecule has 5 heteroatoms. The Kier molecular flexibility index (Phi) is 4.14. The van der Waals surface area contributed by atoms with E-state index in [1.807, 2.05) is 6.07 Å². The van der Waals surface area contributed by atoms with Crippen LogP contribution in [0.15, 0.2) is 12.1 Å². The molecule has 1 aromatic carbocycles. The number of rotatable bonds is 3. The smallest absolute Gasteiger partial charge is 0.148 e. The van der Waals surface area contributed by atoms with Crippen molar-refractivity contribution in [2.45, 2.75) is 31.6 Å². The molecule has 0 N–H and O–H groups in total. The molecule has 0 radical (unpaired) electrons. The predicted octanol–water partition coefficient (Wildman–Crippen LogP) is 5.22. The van der Waals surface area contributed by atoms with Crippen LogP contribution in [0.3, 0.4) is 0 Å². The van der Waals surface area contributed by atoms with Gasteiger partial charge in [0.05, 0.1) is 24.3 Å². The van der Waals surface area contributed by atoms with Crippen molar-refractivity contribution in [3.63, 3.8) is 0 Å². The van der Waals surface area contributed by atoms with Crippen molar-refractivity contribution in [1.29, 1.82) is 0 Å². The zero-order valence-electron chi connectivity index (χ0n) is 12.1. The molecule has 1 fully saturated rings. The fourth-order valence-corrected chi connectivity index (χ4v) is 3.70. The summed E-state index contributed by atoms with van der Waals surface area (Å²) in [4.78, 5) is 4.78. The summed E-state index contributed by atoms with van der Waals surface area (Å²) in [7, 11) is 3.18. The highest BCUT2D eigenvalue weighted by Gasteiger charge is 2.22. The Morgan fingerprint density at radius 1 is 1.05 bits per heavy atom. The molecule has 2 aromatic rings. The lowest BCUT2D eigenvalue weighted by atomic mass is 10.0. The Balaban J connectivity index is 2.25. The number of halogens is 2. The maximum absolute atomic E-state index is 6.47. The van der Waals surface area contributed by atoms with Crippen LogP contribution < -0.4 is 9.47 Å². The minimum atomic E-state index is 0.476. The zero-order valence-corrected chi connectivity index (χ0v) is 13.6. The highest BCUT2D eigenvalue weighted by Crippen LogP contribution is 2.43. The first-order chi connectivity index (χ1) is 10.2. The highest BCUT2D eigenvalue weighted by atomic mass is 35.5. The Labute approximate surface area is 134 Å². The topological polar surface area (TPSA) is 31.4 Å². The molecule has 0 saturated heterocycles. The van der Waals surface area contributed by atoms with Gasteiger partial charge in [-0.3, -0.25) is 0 Å². The number of benzene rings is 1. The van der Waals surface area contributed by atoms with Crippen molar-refractivity contribution in [3.05, 3.63) is 27.9 Å². The van der Waals surface area contributed by atoms with Crippen molar-refractivity contribution in [2.75, 3.05) is 14.2 Å². The number of hydrogen-bond acceptors (Lipinski definition) is 3. The van der Waals surface area contributed by atoms with Gasteiger partial charge in [0.15, 0.2) is 0 Å². The molecule has 112 valence electrons. The van der Waals surface area contributed by atoms with Crippen LogP contribution in [0.25, 0.3) is 10.9 Å². The number of aromatic nitrogens is 1. The second-order valence-corrected chi connectivity index (χ2v) is 6.11. The van der Waals surface area contributed by atoms with Gasteiger partial charge >= 0.3 is 0 Å². The summed E-state index contributed by atoms with van der Waals surface area (Å²) in [5, 5.41) is 1.77. The molecule has 0 amide bonds. The fourth-order valence-electron chi connectivity index (χ4n) is 3.03. The summed E-state index contributed by atoms with van der Waals surface area (Å²) in [6, 6.07) is 3.69. The van der Waals surface area contributed by atoms with Gasteiger partial charge in [0.2, 0.25) is 0 Å². The van der Waals surface area contributed by atoms with Gasteiger partial charge in [-0.15, -0.1) is 0 Å². The molecular formula is C16H17Cl2NO2. The van der Waals surface area contributed by atoms with Crippen molar-refractivity contribution in [2.24, 2.45) is 0 Å². The lowest BCUT2D eigenvalue weighted by Crippen LogP contribution is -2.00. The van der Waals surface area contributed by atoms with Crippen LogP contribution in [0.5, 0.6) is 11.5 Å². The van der Waals surface area contributed by atoms with Crippen molar-refractivity contribution < 1.29 is 9.47 Å². The quantitative estimate of drug-likeness (QED) is 0.775. The third-order valence-corrected chi connectivity index (χ3v) is 4.81. The van der Waals surface area contributed by atoms with Crippen LogP contribution in [0.1, 0.15) is 37.3 Å². The fraction of sp³-hybridized carbons (Fsp3) is 0.438. The molecule has 1 aliphatic rings. The molecule has 0 atom stereocenters. The lowest BCUT2D eigenvalue weighted by molar-refractivity contribution is 0.397. The zero-order chi connectivity index (χ0) is 15.0. The van der Waals surface area contributed by atoms with E-state index in [-0.39, 0.29) is 0 Å². The number of pyridine rings is 1. The first-order valence-corrected chi connectivity index (χ1v) is 7.82. The van der Waals surface area contributed by atoms with Gasteiger partial charge in [-0.05, 0) is 18.9 Å². The number of hydrogen-bond donors (Lipinski definition) is 0. The summed E-state index contributed by atoms with van der Waals surface area (Å²) in [5.41, 5.74) is 1.74. The summed E-state index contributed by atoms with van der Waals surface area (Å²) < 4.78 is 10.7. The number of methoxy groups -OCH3 is 2. The van der Waals surface area contributed by atoms with Crippen molar-refractivity contribution >= 4 is 34.1 Å². The molecular weight excluding hydrogens is 309 g/mol. The van der Waals surface area contributed by atoms with Gasteiger partial charge < -0.3 is 9.47 Å². The SMILES string of the molecule is COc1cc(OC)c2nc(C3CCCC3)cc(Cl)c2c1Cl. The summed E-state index contributed by atoms with van der Waals surface area (Å²) >= 11 is 12.9. The molecule has 1 heterocycles. The van der Waals surface area contributed by atoms with Gasteiger partial charge in [-0.25, -0.2) is 4.98 Å². The first kappa shape index (κ1) is 14.7. The molecule has 1 aromatic heterocycles. The third kappa shape index (κ3) is 2.53. The first-order valence-electron chi connectivity index (χ1n) is 7.06. The molecule has 0 spiro atoms. The van der Waals surface area contributed by atoms with E-state index in [4.69, 9.17) is 37.7 Å². The largest absolute Gasteiger partial charge is 0.495 e. The molecule has 0 aliphatic heterocycles. The van der Waals surface area contributed by atoms with Crippen LogP contribution in [0.4, 0.5) is 0 Å². The molecule has 1 aliphatic carbocycles. The van der Waals surface area contributed by atoms with Gasteiger partial charge in [-0.1, -0.05) is 36.0 Å². The van der Waals surface area contributed by atoms with E-state index in [0.29, 0.717) is 38.4 Å². The second-order valence-electron chi connectivity index (χ2n) is 5.33. The van der Waals surface area contributed by atoms with E-state index in [0.717, 1.165) is 5.69 Å². The minimum Gasteiger partial charge on any atom is -0.495 e.